The van der Waals surface area contributed by atoms with Crippen molar-refractivity contribution >= 4 is 31.9 Å². The summed E-state index contributed by atoms with van der Waals surface area (Å²) in [5.41, 5.74) is 0. The second-order valence-corrected chi connectivity index (χ2v) is 5.44. The summed E-state index contributed by atoms with van der Waals surface area (Å²) in [6.07, 6.45) is 5.54. The second kappa shape index (κ2) is 32.0. The van der Waals surface area contributed by atoms with Crippen molar-refractivity contribution in [3.05, 3.63) is 30.3 Å². The summed E-state index contributed by atoms with van der Waals surface area (Å²) >= 11 is 6.73. The van der Waals surface area contributed by atoms with Gasteiger partial charge in [-0.15, -0.1) is 30.3 Å². The number of unbranched alkanes of at least 4 members (excludes halogenated alkanes) is 4. The van der Waals surface area contributed by atoms with Gasteiger partial charge in [0.2, 0.25) is 0 Å². The van der Waals surface area contributed by atoms with Gasteiger partial charge in [-0.1, -0.05) is 45.7 Å². The fourth-order valence-electron chi connectivity index (χ4n) is 1.02. The number of alkyl halides is 2. The van der Waals surface area contributed by atoms with E-state index in [0.29, 0.717) is 19.3 Å². The Balaban J connectivity index is -0.0000000963. The van der Waals surface area contributed by atoms with E-state index >= 15 is 0 Å². The van der Waals surface area contributed by atoms with Gasteiger partial charge < -0.3 is 14.9 Å². The van der Waals surface area contributed by atoms with E-state index in [4.69, 9.17) is 15.3 Å². The summed E-state index contributed by atoms with van der Waals surface area (Å²) < 4.78 is 0. The molecule has 0 heterocycles. The van der Waals surface area contributed by atoms with Crippen molar-refractivity contribution in [2.45, 2.75) is 46.0 Å². The van der Waals surface area contributed by atoms with Crippen LogP contribution in [0.3, 0.4) is 0 Å². The first-order valence-corrected chi connectivity index (χ1v) is 9.02. The molecule has 1 radical (unpaired) electrons. The van der Waals surface area contributed by atoms with Gasteiger partial charge in [0.15, 0.2) is 0 Å². The van der Waals surface area contributed by atoms with E-state index in [1.54, 1.807) is 0 Å². The molecule has 0 rings (SSSR count). The average molecular weight is 611 g/mol. The van der Waals surface area contributed by atoms with Gasteiger partial charge >= 0.3 is 0 Å². The van der Waals surface area contributed by atoms with Crippen LogP contribution >= 0.6 is 31.9 Å². The van der Waals surface area contributed by atoms with Crippen LogP contribution in [0.15, 0.2) is 0 Å². The summed E-state index contributed by atoms with van der Waals surface area (Å²) in [6.45, 7) is 0.0386. The first-order chi connectivity index (χ1) is 11.3. The van der Waals surface area contributed by atoms with E-state index in [-0.39, 0.29) is 43.0 Å². The smallest absolute Gasteiger partial charge is 0.294 e. The summed E-state index contributed by atoms with van der Waals surface area (Å²) in [6, 6.07) is 0. The molecular formula is C11H25AgBr2N3O9. The van der Waals surface area contributed by atoms with Crippen LogP contribution in [0.5, 0.6) is 0 Å². The molecule has 12 nitrogen and oxygen atoms in total. The van der Waals surface area contributed by atoms with E-state index < -0.39 is 15.3 Å². The van der Waals surface area contributed by atoms with Crippen LogP contribution in [0.2, 0.25) is 0 Å². The van der Waals surface area contributed by atoms with Crippen molar-refractivity contribution in [2.75, 3.05) is 23.9 Å². The summed E-state index contributed by atoms with van der Waals surface area (Å²) in [5.74, 6) is 0. The minimum Gasteiger partial charge on any atom is -0.328 e. The molecule has 0 aliphatic heterocycles. The maximum atomic E-state index is 9.65. The van der Waals surface area contributed by atoms with Crippen LogP contribution < -0.4 is 0 Å². The van der Waals surface area contributed by atoms with Gasteiger partial charge in [0.1, 0.15) is 0 Å². The van der Waals surface area contributed by atoms with E-state index in [1.165, 1.54) is 19.3 Å². The minimum atomic E-state index is -1.50. The molecule has 0 saturated carbocycles. The molecule has 0 bridgehead atoms. The fourth-order valence-corrected chi connectivity index (χ4v) is 1.82. The van der Waals surface area contributed by atoms with Crippen LogP contribution in [0, 0.1) is 30.3 Å². The monoisotopic (exact) mass is 608 g/mol. The van der Waals surface area contributed by atoms with Crippen molar-refractivity contribution in [1.82, 2.24) is 0 Å². The zero-order valence-electron chi connectivity index (χ0n) is 13.2. The van der Waals surface area contributed by atoms with E-state index in [0.717, 1.165) is 10.7 Å². The number of hydrogen-bond acceptors (Lipinski definition) is 8. The van der Waals surface area contributed by atoms with Crippen molar-refractivity contribution < 1.29 is 52.5 Å². The summed E-state index contributed by atoms with van der Waals surface area (Å²) in [7, 11) is 0. The van der Waals surface area contributed by atoms with E-state index in [1.807, 2.05) is 0 Å². The van der Waals surface area contributed by atoms with Crippen molar-refractivity contribution in [3.8, 4) is 0 Å². The van der Waals surface area contributed by atoms with Gasteiger partial charge in [-0.25, -0.2) is 0 Å². The average Bonchev–Trinajstić information content (AvgIpc) is 2.46. The zero-order valence-corrected chi connectivity index (χ0v) is 17.8. The SMILES string of the molecule is BrCCCCCBr.C.O=[N+]([O-])O.O=[N+]([O-])OCCCCCO[N+](=O)[O-].[Ag]. The molecule has 0 amide bonds. The Kier molecular flexibility index (Phi) is 44.6. The standard InChI is InChI=1S/C5H10Br2.C5H10N2O6.CH4.Ag.HNO3/c6-4-2-1-3-5-7;8-6(9)12-4-2-1-3-5-13-7(10)11;;;2-1(3)4/h1-5H2;1-5H2;1H4;;(H,2,3,4). The Morgan fingerprint density at radius 1 is 0.731 bits per heavy atom. The molecule has 0 aromatic carbocycles. The Morgan fingerprint density at radius 2 is 1.00 bits per heavy atom. The maximum absolute atomic E-state index is 9.65. The Morgan fingerprint density at radius 3 is 1.23 bits per heavy atom. The number of hydrogen-bond donors (Lipinski definition) is 1. The topological polar surface area (TPSA) is 168 Å². The minimum absolute atomic E-state index is 0. The third kappa shape index (κ3) is 65.5. The van der Waals surface area contributed by atoms with Crippen LogP contribution in [0.4, 0.5) is 0 Å². The van der Waals surface area contributed by atoms with Crippen LogP contribution in [-0.4, -0.2) is 44.3 Å². The molecule has 163 valence electrons. The normalized spacial score (nSPS) is 8.08. The van der Waals surface area contributed by atoms with E-state index in [9.17, 15) is 20.2 Å². The van der Waals surface area contributed by atoms with Crippen molar-refractivity contribution in [3.63, 3.8) is 0 Å². The maximum Gasteiger partial charge on any atom is 0.294 e. The molecule has 0 fully saturated rings. The van der Waals surface area contributed by atoms with Crippen LogP contribution in [0.25, 0.3) is 0 Å². The fraction of sp³-hybridized carbons (Fsp3) is 1.00. The molecule has 0 aliphatic carbocycles. The molecule has 1 N–H and O–H groups in total. The van der Waals surface area contributed by atoms with Gasteiger partial charge in [0, 0.05) is 33.0 Å². The molecule has 0 aliphatic rings. The van der Waals surface area contributed by atoms with Crippen molar-refractivity contribution in [1.29, 1.82) is 0 Å². The Hall–Kier alpha value is -0.700. The molecular weight excluding hydrogens is 586 g/mol. The van der Waals surface area contributed by atoms with Gasteiger partial charge in [-0.05, 0) is 32.1 Å². The molecule has 15 heteroatoms. The largest absolute Gasteiger partial charge is 0.328 e. The predicted octanol–water partition coefficient (Wildman–Crippen LogP) is 3.81. The Bertz CT molecular complexity index is 305. The van der Waals surface area contributed by atoms with Gasteiger partial charge in [0.25, 0.3) is 15.3 Å². The molecule has 0 unspecified atom stereocenters. The number of rotatable bonds is 12. The zero-order chi connectivity index (χ0) is 19.2. The van der Waals surface area contributed by atoms with E-state index in [2.05, 4.69) is 41.5 Å². The predicted molar refractivity (Wildman–Crippen MR) is 96.7 cm³/mol. The molecule has 0 aromatic rings. The van der Waals surface area contributed by atoms with Gasteiger partial charge in [-0.2, -0.15) is 0 Å². The molecule has 0 saturated heterocycles. The molecule has 26 heavy (non-hydrogen) atoms. The Labute approximate surface area is 184 Å². The summed E-state index contributed by atoms with van der Waals surface area (Å²) in [4.78, 5) is 35.7. The third-order valence-corrected chi connectivity index (χ3v) is 3.07. The number of nitrogens with zero attached hydrogens (tertiary/aromatic N) is 3. The van der Waals surface area contributed by atoms with Crippen LogP contribution in [-0.2, 0) is 32.1 Å². The number of halogens is 2. The summed E-state index contributed by atoms with van der Waals surface area (Å²) in [5, 5.41) is 33.5. The quantitative estimate of drug-likeness (QED) is 0.114. The third-order valence-electron chi connectivity index (χ3n) is 1.95. The van der Waals surface area contributed by atoms with Gasteiger partial charge in [0.05, 0.1) is 13.2 Å². The van der Waals surface area contributed by atoms with Gasteiger partial charge in [-0.3, -0.25) is 0 Å². The molecule has 0 atom stereocenters. The first-order valence-electron chi connectivity index (χ1n) is 6.77. The molecule has 0 aromatic heterocycles. The van der Waals surface area contributed by atoms with Crippen molar-refractivity contribution in [2.24, 2.45) is 0 Å². The first kappa shape index (κ1) is 36.3. The second-order valence-electron chi connectivity index (χ2n) is 3.85. The molecule has 0 spiro atoms. The van der Waals surface area contributed by atoms with Crippen LogP contribution in [0.1, 0.15) is 46.0 Å².